The Labute approximate surface area is 86.4 Å². The van der Waals surface area contributed by atoms with Crippen LogP contribution in [0.2, 0.25) is 0 Å². The average molecular weight is 195 g/mol. The van der Waals surface area contributed by atoms with Gasteiger partial charge in [-0.3, -0.25) is 0 Å². The topological polar surface area (TPSA) is 21.3 Å². The van der Waals surface area contributed by atoms with Crippen LogP contribution < -0.4 is 5.32 Å². The molecule has 0 aromatic rings. The zero-order valence-electron chi connectivity index (χ0n) is 9.31. The van der Waals surface area contributed by atoms with E-state index in [4.69, 9.17) is 4.74 Å². The van der Waals surface area contributed by atoms with Crippen molar-refractivity contribution in [2.24, 2.45) is 11.8 Å². The maximum atomic E-state index is 6.46. The van der Waals surface area contributed by atoms with Gasteiger partial charge in [0.25, 0.3) is 0 Å². The highest BCUT2D eigenvalue weighted by Gasteiger charge is 2.61. The van der Waals surface area contributed by atoms with Crippen molar-refractivity contribution in [2.45, 2.75) is 50.7 Å². The molecule has 80 valence electrons. The Balaban J connectivity index is 1.80. The number of rotatable bonds is 1. The Morgan fingerprint density at radius 3 is 2.86 bits per heavy atom. The molecule has 3 rings (SSSR count). The molecule has 1 heterocycles. The van der Waals surface area contributed by atoms with Crippen molar-refractivity contribution in [1.29, 1.82) is 0 Å². The summed E-state index contributed by atoms with van der Waals surface area (Å²) in [6, 6.07) is 0. The lowest BCUT2D eigenvalue weighted by Crippen LogP contribution is -2.59. The van der Waals surface area contributed by atoms with Crippen LogP contribution in [0.4, 0.5) is 0 Å². The van der Waals surface area contributed by atoms with Gasteiger partial charge in [0.15, 0.2) is 0 Å². The lowest BCUT2D eigenvalue weighted by Gasteiger charge is -2.46. The summed E-state index contributed by atoms with van der Waals surface area (Å²) in [7, 11) is 0. The summed E-state index contributed by atoms with van der Waals surface area (Å²) < 4.78 is 6.46. The van der Waals surface area contributed by atoms with E-state index >= 15 is 0 Å². The van der Waals surface area contributed by atoms with Gasteiger partial charge in [-0.15, -0.1) is 0 Å². The highest BCUT2D eigenvalue weighted by atomic mass is 16.5. The van der Waals surface area contributed by atoms with Crippen molar-refractivity contribution in [1.82, 2.24) is 5.32 Å². The minimum Gasteiger partial charge on any atom is -0.366 e. The van der Waals surface area contributed by atoms with E-state index in [0.29, 0.717) is 0 Å². The van der Waals surface area contributed by atoms with Crippen molar-refractivity contribution >= 4 is 0 Å². The van der Waals surface area contributed by atoms with E-state index in [1.165, 1.54) is 19.3 Å². The molecule has 2 nitrogen and oxygen atoms in total. The number of nitrogens with one attached hydrogen (secondary N) is 1. The van der Waals surface area contributed by atoms with Crippen molar-refractivity contribution in [3.8, 4) is 0 Å². The van der Waals surface area contributed by atoms with E-state index in [0.717, 1.165) is 31.3 Å². The highest BCUT2D eigenvalue weighted by Crippen LogP contribution is 2.60. The van der Waals surface area contributed by atoms with Gasteiger partial charge in [0, 0.05) is 13.1 Å². The second-order valence-corrected chi connectivity index (χ2v) is 5.71. The lowest BCUT2D eigenvalue weighted by molar-refractivity contribution is -0.178. The third-order valence-corrected chi connectivity index (χ3v) is 4.66. The van der Waals surface area contributed by atoms with Gasteiger partial charge in [-0.25, -0.2) is 0 Å². The van der Waals surface area contributed by atoms with Crippen LogP contribution in [-0.4, -0.2) is 24.3 Å². The van der Waals surface area contributed by atoms with E-state index < -0.39 is 0 Å². The van der Waals surface area contributed by atoms with Gasteiger partial charge in [0.1, 0.15) is 0 Å². The van der Waals surface area contributed by atoms with Crippen LogP contribution in [0.25, 0.3) is 0 Å². The van der Waals surface area contributed by atoms with Crippen LogP contribution in [0.3, 0.4) is 0 Å². The van der Waals surface area contributed by atoms with Crippen molar-refractivity contribution in [2.75, 3.05) is 13.1 Å². The average Bonchev–Trinajstić information content (AvgIpc) is 2.89. The molecule has 4 atom stereocenters. The third-order valence-electron chi connectivity index (χ3n) is 4.66. The van der Waals surface area contributed by atoms with Crippen LogP contribution >= 0.6 is 0 Å². The maximum Gasteiger partial charge on any atom is 0.0845 e. The molecule has 1 saturated heterocycles. The number of ether oxygens (including phenoxy) is 1. The molecular weight excluding hydrogens is 174 g/mol. The number of hydrogen-bond donors (Lipinski definition) is 1. The zero-order valence-corrected chi connectivity index (χ0v) is 9.31. The molecule has 1 spiro atoms. The normalized spacial score (nSPS) is 56.1. The summed E-state index contributed by atoms with van der Waals surface area (Å²) in [6.07, 6.45) is 5.26. The molecule has 14 heavy (non-hydrogen) atoms. The smallest absolute Gasteiger partial charge is 0.0845 e. The molecule has 0 bridgehead atoms. The first-order valence-electron chi connectivity index (χ1n) is 6.08. The van der Waals surface area contributed by atoms with Crippen molar-refractivity contribution in [3.05, 3.63) is 0 Å². The molecule has 4 unspecified atom stereocenters. The fraction of sp³-hybridized carbons (Fsp3) is 1.00. The minimum absolute atomic E-state index is 0.0930. The summed E-state index contributed by atoms with van der Waals surface area (Å²) in [6.45, 7) is 6.63. The fourth-order valence-electron chi connectivity index (χ4n) is 3.47. The Bertz CT molecular complexity index is 255. The molecular formula is C12H21NO. The predicted molar refractivity (Wildman–Crippen MR) is 56.2 cm³/mol. The van der Waals surface area contributed by atoms with Gasteiger partial charge in [-0.05, 0) is 44.4 Å². The molecule has 1 N–H and O–H groups in total. The molecule has 3 aliphatic rings. The monoisotopic (exact) mass is 195 g/mol. The van der Waals surface area contributed by atoms with Crippen LogP contribution in [0.1, 0.15) is 39.5 Å². The van der Waals surface area contributed by atoms with Crippen LogP contribution in [-0.2, 0) is 4.74 Å². The number of morpholine rings is 1. The molecule has 0 aromatic carbocycles. The minimum atomic E-state index is 0.0930. The first kappa shape index (κ1) is 9.17. The first-order valence-corrected chi connectivity index (χ1v) is 6.08. The number of fused-ring (bicyclic) bond motifs is 2. The lowest BCUT2D eigenvalue weighted by atomic mass is 9.90. The summed E-state index contributed by atoms with van der Waals surface area (Å²) in [4.78, 5) is 0. The Kier molecular flexibility index (Phi) is 1.79. The van der Waals surface area contributed by atoms with E-state index in [1.807, 2.05) is 0 Å². The second kappa shape index (κ2) is 2.73. The Morgan fingerprint density at radius 2 is 2.29 bits per heavy atom. The van der Waals surface area contributed by atoms with Gasteiger partial charge in [-0.1, -0.05) is 6.92 Å². The molecule has 0 aromatic heterocycles. The van der Waals surface area contributed by atoms with Crippen LogP contribution in [0.5, 0.6) is 0 Å². The SMILES string of the molecule is CCC1(C)CNCC2(CCC3CC32)O1. The van der Waals surface area contributed by atoms with Gasteiger partial charge < -0.3 is 10.1 Å². The van der Waals surface area contributed by atoms with Crippen LogP contribution in [0, 0.1) is 11.8 Å². The molecule has 0 radical (unpaired) electrons. The maximum absolute atomic E-state index is 6.46. The van der Waals surface area contributed by atoms with E-state index in [1.54, 1.807) is 0 Å². The quantitative estimate of drug-likeness (QED) is 0.690. The van der Waals surface area contributed by atoms with E-state index in [9.17, 15) is 0 Å². The summed E-state index contributed by atoms with van der Waals surface area (Å²) in [5.41, 5.74) is 0.323. The molecule has 1 aliphatic heterocycles. The molecule has 0 amide bonds. The predicted octanol–water partition coefficient (Wildman–Crippen LogP) is 1.94. The second-order valence-electron chi connectivity index (χ2n) is 5.71. The van der Waals surface area contributed by atoms with E-state index in [2.05, 4.69) is 19.2 Å². The molecule has 2 aliphatic carbocycles. The first-order chi connectivity index (χ1) is 6.68. The van der Waals surface area contributed by atoms with Gasteiger partial charge in [0.05, 0.1) is 11.2 Å². The molecule has 2 heteroatoms. The Hall–Kier alpha value is -0.0800. The van der Waals surface area contributed by atoms with Gasteiger partial charge in [0.2, 0.25) is 0 Å². The zero-order chi connectivity index (χ0) is 9.81. The van der Waals surface area contributed by atoms with Gasteiger partial charge in [-0.2, -0.15) is 0 Å². The highest BCUT2D eigenvalue weighted by molar-refractivity contribution is 5.12. The van der Waals surface area contributed by atoms with Crippen LogP contribution in [0.15, 0.2) is 0 Å². The summed E-state index contributed by atoms with van der Waals surface area (Å²) >= 11 is 0. The van der Waals surface area contributed by atoms with Crippen molar-refractivity contribution < 1.29 is 4.74 Å². The summed E-state index contributed by atoms with van der Waals surface area (Å²) in [5.74, 6) is 1.90. The molecule has 3 fully saturated rings. The van der Waals surface area contributed by atoms with Gasteiger partial charge >= 0.3 is 0 Å². The standard InChI is InChI=1S/C12H21NO/c1-3-11(2)7-13-8-12(14-11)5-4-9-6-10(9)12/h9-10,13H,3-8H2,1-2H3. The number of hydrogen-bond acceptors (Lipinski definition) is 2. The fourth-order valence-corrected chi connectivity index (χ4v) is 3.47. The Morgan fingerprint density at radius 1 is 1.43 bits per heavy atom. The van der Waals surface area contributed by atoms with Crippen molar-refractivity contribution in [3.63, 3.8) is 0 Å². The third kappa shape index (κ3) is 1.17. The van der Waals surface area contributed by atoms with E-state index in [-0.39, 0.29) is 11.2 Å². The largest absolute Gasteiger partial charge is 0.366 e. The molecule has 2 saturated carbocycles. The summed E-state index contributed by atoms with van der Waals surface area (Å²) in [5, 5.41) is 3.59.